The van der Waals surface area contributed by atoms with E-state index in [9.17, 15) is 4.39 Å². The number of halogens is 2. The number of aliphatic imine (C=N–C) groups is 1. The molecule has 24 heavy (non-hydrogen) atoms. The Hall–Kier alpha value is -1.22. The molecule has 0 spiro atoms. The minimum atomic E-state index is -0.189. The van der Waals surface area contributed by atoms with Gasteiger partial charge in [0.25, 0.3) is 0 Å². The molecule has 0 atom stereocenters. The van der Waals surface area contributed by atoms with Crippen LogP contribution in [-0.2, 0) is 13.1 Å². The minimum absolute atomic E-state index is 0. The quantitative estimate of drug-likeness (QED) is 0.400. The van der Waals surface area contributed by atoms with Crippen molar-refractivity contribution >= 4 is 41.3 Å². The monoisotopic (exact) mass is 462 g/mol. The topological polar surface area (TPSA) is 49.3 Å². The second-order valence-corrected chi connectivity index (χ2v) is 6.66. The number of aryl methyl sites for hydroxylation is 3. The summed E-state index contributed by atoms with van der Waals surface area (Å²) in [6.07, 6.45) is 0. The predicted molar refractivity (Wildman–Crippen MR) is 110 cm³/mol. The first kappa shape index (κ1) is 20.8. The Bertz CT molecular complexity index is 700. The summed E-state index contributed by atoms with van der Waals surface area (Å²) in [5, 5.41) is 7.57. The smallest absolute Gasteiger partial charge is 0.191 e. The molecule has 132 valence electrons. The number of rotatable bonds is 5. The van der Waals surface area contributed by atoms with Gasteiger partial charge in [0.15, 0.2) is 5.96 Å². The first-order valence-corrected chi connectivity index (χ1v) is 8.51. The van der Waals surface area contributed by atoms with E-state index in [4.69, 9.17) is 0 Å². The molecule has 0 amide bonds. The van der Waals surface area contributed by atoms with Crippen LogP contribution in [0, 0.1) is 26.6 Å². The van der Waals surface area contributed by atoms with Gasteiger partial charge in [-0.05, 0) is 44.9 Å². The fourth-order valence-electron chi connectivity index (χ4n) is 2.15. The normalized spacial score (nSPS) is 11.1. The van der Waals surface area contributed by atoms with E-state index in [0.29, 0.717) is 18.7 Å². The molecule has 0 radical (unpaired) electrons. The summed E-state index contributed by atoms with van der Waals surface area (Å²) < 4.78 is 13.6. The molecule has 0 saturated carbocycles. The van der Waals surface area contributed by atoms with Gasteiger partial charge < -0.3 is 10.6 Å². The van der Waals surface area contributed by atoms with Crippen molar-refractivity contribution < 1.29 is 4.39 Å². The van der Waals surface area contributed by atoms with E-state index >= 15 is 0 Å². The van der Waals surface area contributed by atoms with E-state index in [2.05, 4.69) is 20.6 Å². The molecule has 0 saturated heterocycles. The molecule has 0 aliphatic rings. The third-order valence-corrected chi connectivity index (χ3v) is 4.49. The van der Waals surface area contributed by atoms with Crippen molar-refractivity contribution in [2.45, 2.75) is 40.8 Å². The highest BCUT2D eigenvalue weighted by molar-refractivity contribution is 14.0. The van der Waals surface area contributed by atoms with E-state index in [1.165, 1.54) is 4.88 Å². The number of hydrogen-bond acceptors (Lipinski definition) is 3. The molecule has 2 rings (SSSR count). The van der Waals surface area contributed by atoms with Crippen LogP contribution in [0.5, 0.6) is 0 Å². The van der Waals surface area contributed by atoms with Crippen LogP contribution in [0.1, 0.15) is 33.6 Å². The number of hydrogen-bond donors (Lipinski definition) is 2. The summed E-state index contributed by atoms with van der Waals surface area (Å²) >= 11 is 1.69. The van der Waals surface area contributed by atoms with Crippen molar-refractivity contribution in [2.75, 3.05) is 6.54 Å². The van der Waals surface area contributed by atoms with Gasteiger partial charge in [0.1, 0.15) is 5.82 Å². The summed E-state index contributed by atoms with van der Waals surface area (Å²) in [7, 11) is 0. The maximum atomic E-state index is 13.6. The number of benzene rings is 1. The Balaban J connectivity index is 0.00000288. The van der Waals surface area contributed by atoms with Gasteiger partial charge in [0, 0.05) is 11.4 Å². The second-order valence-electron chi connectivity index (χ2n) is 5.37. The lowest BCUT2D eigenvalue weighted by molar-refractivity contribution is 0.616. The summed E-state index contributed by atoms with van der Waals surface area (Å²) in [4.78, 5) is 10.1. The van der Waals surface area contributed by atoms with Gasteiger partial charge in [-0.3, -0.25) is 0 Å². The molecule has 2 aromatic rings. The van der Waals surface area contributed by atoms with Gasteiger partial charge in [-0.2, -0.15) is 0 Å². The molecular weight excluding hydrogens is 438 g/mol. The maximum Gasteiger partial charge on any atom is 0.191 e. The first-order chi connectivity index (χ1) is 11.0. The number of nitrogens with zero attached hydrogens (tertiary/aromatic N) is 2. The highest BCUT2D eigenvalue weighted by Crippen LogP contribution is 2.16. The van der Waals surface area contributed by atoms with Gasteiger partial charge in [-0.1, -0.05) is 12.1 Å². The van der Waals surface area contributed by atoms with Crippen LogP contribution in [0.4, 0.5) is 4.39 Å². The van der Waals surface area contributed by atoms with E-state index in [0.717, 1.165) is 28.8 Å². The zero-order valence-corrected chi connectivity index (χ0v) is 17.6. The standard InChI is InChI=1S/C17H23FN4S.HI/c1-5-19-17(21-10-16-12(3)22-13(4)23-16)20-9-14-7-6-11(2)15(18)8-14;/h6-8H,5,9-10H2,1-4H3,(H2,19,20,21);1H. The highest BCUT2D eigenvalue weighted by atomic mass is 127. The Morgan fingerprint density at radius 1 is 1.25 bits per heavy atom. The SMILES string of the molecule is CCNC(=NCc1ccc(C)c(F)c1)NCc1sc(C)nc1C.I. The average Bonchev–Trinajstić information content (AvgIpc) is 2.83. The van der Waals surface area contributed by atoms with E-state index in [-0.39, 0.29) is 29.8 Å². The minimum Gasteiger partial charge on any atom is -0.357 e. The van der Waals surface area contributed by atoms with Crippen molar-refractivity contribution in [1.82, 2.24) is 15.6 Å². The third-order valence-electron chi connectivity index (χ3n) is 3.42. The van der Waals surface area contributed by atoms with E-state index < -0.39 is 0 Å². The lowest BCUT2D eigenvalue weighted by Gasteiger charge is -2.11. The van der Waals surface area contributed by atoms with Gasteiger partial charge in [0.05, 0.1) is 23.8 Å². The van der Waals surface area contributed by atoms with Crippen molar-refractivity contribution in [2.24, 2.45) is 4.99 Å². The molecule has 1 aromatic carbocycles. The van der Waals surface area contributed by atoms with Gasteiger partial charge in [0.2, 0.25) is 0 Å². The van der Waals surface area contributed by atoms with Crippen LogP contribution in [0.25, 0.3) is 0 Å². The van der Waals surface area contributed by atoms with Crippen molar-refractivity contribution in [1.29, 1.82) is 0 Å². The second kappa shape index (κ2) is 9.93. The Labute approximate surface area is 164 Å². The molecule has 7 heteroatoms. The molecule has 1 aromatic heterocycles. The number of guanidine groups is 1. The molecule has 4 nitrogen and oxygen atoms in total. The number of aromatic nitrogens is 1. The summed E-state index contributed by atoms with van der Waals surface area (Å²) in [5.41, 5.74) is 2.56. The Morgan fingerprint density at radius 3 is 2.58 bits per heavy atom. The summed E-state index contributed by atoms with van der Waals surface area (Å²) in [6, 6.07) is 5.23. The molecular formula is C17H24FIN4S. The molecule has 0 unspecified atom stereocenters. The van der Waals surface area contributed by atoms with Crippen molar-refractivity contribution in [3.63, 3.8) is 0 Å². The van der Waals surface area contributed by atoms with Crippen molar-refractivity contribution in [3.05, 3.63) is 50.7 Å². The molecule has 0 fully saturated rings. The van der Waals surface area contributed by atoms with Gasteiger partial charge in [-0.25, -0.2) is 14.4 Å². The molecule has 1 heterocycles. The van der Waals surface area contributed by atoms with E-state index in [1.54, 1.807) is 30.4 Å². The van der Waals surface area contributed by atoms with Gasteiger partial charge in [-0.15, -0.1) is 35.3 Å². The molecule has 0 aliphatic carbocycles. The third kappa shape index (κ3) is 6.01. The van der Waals surface area contributed by atoms with Gasteiger partial charge >= 0.3 is 0 Å². The fourth-order valence-corrected chi connectivity index (χ4v) is 3.03. The zero-order chi connectivity index (χ0) is 16.8. The Kier molecular flexibility index (Phi) is 8.61. The Morgan fingerprint density at radius 2 is 2.00 bits per heavy atom. The molecule has 0 aliphatic heterocycles. The zero-order valence-electron chi connectivity index (χ0n) is 14.4. The fraction of sp³-hybridized carbons (Fsp3) is 0.412. The molecule has 2 N–H and O–H groups in total. The maximum absolute atomic E-state index is 13.6. The van der Waals surface area contributed by atoms with Crippen LogP contribution >= 0.6 is 35.3 Å². The predicted octanol–water partition coefficient (Wildman–Crippen LogP) is 4.08. The lowest BCUT2D eigenvalue weighted by Crippen LogP contribution is -2.36. The highest BCUT2D eigenvalue weighted by Gasteiger charge is 2.06. The van der Waals surface area contributed by atoms with Crippen LogP contribution < -0.4 is 10.6 Å². The molecule has 0 bridgehead atoms. The average molecular weight is 462 g/mol. The van der Waals surface area contributed by atoms with Crippen LogP contribution in [0.15, 0.2) is 23.2 Å². The summed E-state index contributed by atoms with van der Waals surface area (Å²) in [5.74, 6) is 0.533. The largest absolute Gasteiger partial charge is 0.357 e. The van der Waals surface area contributed by atoms with Crippen molar-refractivity contribution in [3.8, 4) is 0 Å². The van der Waals surface area contributed by atoms with Crippen LogP contribution in [0.2, 0.25) is 0 Å². The number of thiazole rings is 1. The van der Waals surface area contributed by atoms with Crippen LogP contribution in [0.3, 0.4) is 0 Å². The number of nitrogens with one attached hydrogen (secondary N) is 2. The summed E-state index contributed by atoms with van der Waals surface area (Å²) in [6.45, 7) is 9.69. The van der Waals surface area contributed by atoms with Crippen LogP contribution in [-0.4, -0.2) is 17.5 Å². The lowest BCUT2D eigenvalue weighted by atomic mass is 10.1. The first-order valence-electron chi connectivity index (χ1n) is 7.69. The van der Waals surface area contributed by atoms with E-state index in [1.807, 2.05) is 26.8 Å².